The standard InChI is InChI=1S/C16H17Cl2NS/c1-11(19-2)12-4-3-5-15(8-12)20-10-13-6-7-14(17)9-16(13)18/h3-9,11,19H,10H2,1-2H3. The van der Waals surface area contributed by atoms with Gasteiger partial charge < -0.3 is 5.32 Å². The van der Waals surface area contributed by atoms with E-state index < -0.39 is 0 Å². The van der Waals surface area contributed by atoms with Crippen LogP contribution in [0.3, 0.4) is 0 Å². The molecule has 0 spiro atoms. The van der Waals surface area contributed by atoms with E-state index in [2.05, 4.69) is 36.5 Å². The number of hydrogen-bond donors (Lipinski definition) is 1. The van der Waals surface area contributed by atoms with Crippen molar-refractivity contribution in [3.8, 4) is 0 Å². The smallest absolute Gasteiger partial charge is 0.0461 e. The fourth-order valence-electron chi connectivity index (χ4n) is 1.84. The molecule has 0 bridgehead atoms. The second-order valence-corrected chi connectivity index (χ2v) is 6.50. The maximum atomic E-state index is 6.19. The molecule has 0 saturated carbocycles. The lowest BCUT2D eigenvalue weighted by Gasteiger charge is -2.12. The minimum atomic E-state index is 0.356. The Morgan fingerprint density at radius 2 is 1.95 bits per heavy atom. The van der Waals surface area contributed by atoms with Crippen molar-refractivity contribution in [1.29, 1.82) is 0 Å². The Hall–Kier alpha value is -0.670. The van der Waals surface area contributed by atoms with Crippen LogP contribution in [0.5, 0.6) is 0 Å². The number of rotatable bonds is 5. The summed E-state index contributed by atoms with van der Waals surface area (Å²) < 4.78 is 0. The number of nitrogens with one attached hydrogen (secondary N) is 1. The quantitative estimate of drug-likeness (QED) is 0.721. The predicted molar refractivity (Wildman–Crippen MR) is 89.9 cm³/mol. The Labute approximate surface area is 134 Å². The SMILES string of the molecule is CNC(C)c1cccc(SCc2ccc(Cl)cc2Cl)c1. The van der Waals surface area contributed by atoms with E-state index in [0.29, 0.717) is 11.1 Å². The van der Waals surface area contributed by atoms with Crippen molar-refractivity contribution in [3.05, 3.63) is 63.6 Å². The first-order chi connectivity index (χ1) is 9.60. The molecule has 1 atom stereocenters. The van der Waals surface area contributed by atoms with Gasteiger partial charge in [0.05, 0.1) is 0 Å². The van der Waals surface area contributed by atoms with Gasteiger partial charge in [0.1, 0.15) is 0 Å². The summed E-state index contributed by atoms with van der Waals surface area (Å²) in [4.78, 5) is 1.25. The summed E-state index contributed by atoms with van der Waals surface area (Å²) >= 11 is 13.9. The van der Waals surface area contributed by atoms with Crippen molar-refractivity contribution in [2.24, 2.45) is 0 Å². The number of benzene rings is 2. The topological polar surface area (TPSA) is 12.0 Å². The maximum Gasteiger partial charge on any atom is 0.0461 e. The van der Waals surface area contributed by atoms with E-state index in [1.165, 1.54) is 10.5 Å². The molecule has 106 valence electrons. The van der Waals surface area contributed by atoms with Crippen LogP contribution in [-0.2, 0) is 5.75 Å². The van der Waals surface area contributed by atoms with Gasteiger partial charge in [0, 0.05) is 26.7 Å². The first-order valence-corrected chi connectivity index (χ1v) is 8.18. The van der Waals surface area contributed by atoms with E-state index in [1.54, 1.807) is 17.8 Å². The molecule has 2 aromatic rings. The molecule has 1 N–H and O–H groups in total. The van der Waals surface area contributed by atoms with Crippen LogP contribution in [0.4, 0.5) is 0 Å². The fourth-order valence-corrected chi connectivity index (χ4v) is 3.36. The molecule has 0 saturated heterocycles. The molecule has 0 amide bonds. The normalized spacial score (nSPS) is 12.4. The Morgan fingerprint density at radius 1 is 1.15 bits per heavy atom. The number of thioether (sulfide) groups is 1. The zero-order valence-corrected chi connectivity index (χ0v) is 13.8. The largest absolute Gasteiger partial charge is 0.313 e. The molecule has 2 aromatic carbocycles. The summed E-state index contributed by atoms with van der Waals surface area (Å²) in [5, 5.41) is 4.65. The summed E-state index contributed by atoms with van der Waals surface area (Å²) in [6.07, 6.45) is 0. The summed E-state index contributed by atoms with van der Waals surface area (Å²) in [5.41, 5.74) is 2.40. The molecule has 2 rings (SSSR count). The summed E-state index contributed by atoms with van der Waals surface area (Å²) in [6, 6.07) is 14.6. The van der Waals surface area contributed by atoms with Crippen molar-refractivity contribution in [3.63, 3.8) is 0 Å². The molecule has 1 unspecified atom stereocenters. The highest BCUT2D eigenvalue weighted by Crippen LogP contribution is 2.29. The average molecular weight is 326 g/mol. The summed E-state index contributed by atoms with van der Waals surface area (Å²) in [7, 11) is 1.97. The van der Waals surface area contributed by atoms with Crippen LogP contribution in [0.15, 0.2) is 47.4 Å². The van der Waals surface area contributed by atoms with E-state index in [0.717, 1.165) is 16.3 Å². The molecular weight excluding hydrogens is 309 g/mol. The van der Waals surface area contributed by atoms with Gasteiger partial charge in [0.25, 0.3) is 0 Å². The van der Waals surface area contributed by atoms with E-state index >= 15 is 0 Å². The molecule has 20 heavy (non-hydrogen) atoms. The number of hydrogen-bond acceptors (Lipinski definition) is 2. The van der Waals surface area contributed by atoms with Gasteiger partial charge in [0.2, 0.25) is 0 Å². The van der Waals surface area contributed by atoms with Gasteiger partial charge in [-0.15, -0.1) is 11.8 Å². The monoisotopic (exact) mass is 325 g/mol. The lowest BCUT2D eigenvalue weighted by atomic mass is 10.1. The molecule has 0 heterocycles. The zero-order valence-electron chi connectivity index (χ0n) is 11.5. The van der Waals surface area contributed by atoms with Gasteiger partial charge in [-0.1, -0.05) is 41.4 Å². The number of halogens is 2. The van der Waals surface area contributed by atoms with Crippen LogP contribution in [-0.4, -0.2) is 7.05 Å². The molecule has 0 aliphatic carbocycles. The van der Waals surface area contributed by atoms with Crippen LogP contribution in [0, 0.1) is 0 Å². The molecule has 0 fully saturated rings. The van der Waals surface area contributed by atoms with Gasteiger partial charge in [-0.2, -0.15) is 0 Å². The van der Waals surface area contributed by atoms with E-state index in [4.69, 9.17) is 23.2 Å². The summed E-state index contributed by atoms with van der Waals surface area (Å²) in [6.45, 7) is 2.15. The highest BCUT2D eigenvalue weighted by atomic mass is 35.5. The Balaban J connectivity index is 2.07. The minimum absolute atomic E-state index is 0.356. The maximum absolute atomic E-state index is 6.19. The second kappa shape index (κ2) is 7.37. The highest BCUT2D eigenvalue weighted by Gasteiger charge is 2.05. The first-order valence-electron chi connectivity index (χ1n) is 6.44. The molecule has 0 aliphatic rings. The van der Waals surface area contributed by atoms with E-state index in [9.17, 15) is 0 Å². The zero-order chi connectivity index (χ0) is 14.5. The van der Waals surface area contributed by atoms with Crippen molar-refractivity contribution < 1.29 is 0 Å². The summed E-state index contributed by atoms with van der Waals surface area (Å²) in [5.74, 6) is 0.841. The molecule has 1 nitrogen and oxygen atoms in total. The van der Waals surface area contributed by atoms with Gasteiger partial charge in [-0.3, -0.25) is 0 Å². The van der Waals surface area contributed by atoms with Crippen LogP contribution >= 0.6 is 35.0 Å². The van der Waals surface area contributed by atoms with Gasteiger partial charge in [-0.25, -0.2) is 0 Å². The third kappa shape index (κ3) is 4.16. The highest BCUT2D eigenvalue weighted by molar-refractivity contribution is 7.98. The van der Waals surface area contributed by atoms with Crippen LogP contribution in [0.1, 0.15) is 24.1 Å². The molecule has 0 radical (unpaired) electrons. The van der Waals surface area contributed by atoms with Crippen molar-refractivity contribution in [2.75, 3.05) is 7.05 Å². The Bertz CT molecular complexity index is 586. The third-order valence-electron chi connectivity index (χ3n) is 3.20. The molecular formula is C16H17Cl2NS. The van der Waals surface area contributed by atoms with Crippen molar-refractivity contribution >= 4 is 35.0 Å². The van der Waals surface area contributed by atoms with Crippen molar-refractivity contribution in [2.45, 2.75) is 23.6 Å². The fraction of sp³-hybridized carbons (Fsp3) is 0.250. The lowest BCUT2D eigenvalue weighted by Crippen LogP contribution is -2.11. The molecule has 4 heteroatoms. The van der Waals surface area contributed by atoms with Crippen molar-refractivity contribution in [1.82, 2.24) is 5.32 Å². The molecule has 0 aromatic heterocycles. The minimum Gasteiger partial charge on any atom is -0.313 e. The average Bonchev–Trinajstić information content (AvgIpc) is 2.46. The van der Waals surface area contributed by atoms with Crippen LogP contribution in [0.25, 0.3) is 0 Å². The Morgan fingerprint density at radius 3 is 2.65 bits per heavy atom. The first kappa shape index (κ1) is 15.7. The second-order valence-electron chi connectivity index (χ2n) is 4.61. The van der Waals surface area contributed by atoms with Gasteiger partial charge in [-0.05, 0) is 49.4 Å². The predicted octanol–water partition coefficient (Wildman–Crippen LogP) is 5.57. The van der Waals surface area contributed by atoms with E-state index in [-0.39, 0.29) is 0 Å². The van der Waals surface area contributed by atoms with Crippen LogP contribution < -0.4 is 5.32 Å². The van der Waals surface area contributed by atoms with Gasteiger partial charge in [0.15, 0.2) is 0 Å². The molecule has 0 aliphatic heterocycles. The van der Waals surface area contributed by atoms with Crippen LogP contribution in [0.2, 0.25) is 10.0 Å². The van der Waals surface area contributed by atoms with Gasteiger partial charge >= 0.3 is 0 Å². The lowest BCUT2D eigenvalue weighted by molar-refractivity contribution is 0.651. The van der Waals surface area contributed by atoms with E-state index in [1.807, 2.05) is 19.2 Å². The third-order valence-corrected chi connectivity index (χ3v) is 4.83. The Kier molecular flexibility index (Phi) is 5.79.